The van der Waals surface area contributed by atoms with Gasteiger partial charge in [-0.05, 0) is 78.6 Å². The van der Waals surface area contributed by atoms with E-state index in [1.807, 2.05) is 25.1 Å². The number of rotatable bonds is 2. The number of nitrogens with zero attached hydrogens (tertiary/aromatic N) is 1. The van der Waals surface area contributed by atoms with Crippen molar-refractivity contribution in [2.24, 2.45) is 0 Å². The van der Waals surface area contributed by atoms with E-state index in [9.17, 15) is 9.18 Å². The summed E-state index contributed by atoms with van der Waals surface area (Å²) < 4.78 is 13.9. The molecule has 1 fully saturated rings. The van der Waals surface area contributed by atoms with Gasteiger partial charge in [-0.2, -0.15) is 0 Å². The normalized spacial score (nSPS) is 20.2. The lowest BCUT2D eigenvalue weighted by Gasteiger charge is -2.42. The summed E-state index contributed by atoms with van der Waals surface area (Å²) in [5.41, 5.74) is 5.33. The number of aryl methyl sites for hydroxylation is 1. The van der Waals surface area contributed by atoms with Crippen molar-refractivity contribution in [3.8, 4) is 0 Å². The maximum atomic E-state index is 13.9. The van der Waals surface area contributed by atoms with Gasteiger partial charge in [0, 0.05) is 25.3 Å². The molecule has 0 bridgehead atoms. The highest BCUT2D eigenvalue weighted by atomic mass is 19.1. The maximum Gasteiger partial charge on any atom is 0.253 e. The molecule has 2 aromatic carbocycles. The monoisotopic (exact) mass is 366 g/mol. The third-order valence-electron chi connectivity index (χ3n) is 6.35. The fourth-order valence-corrected chi connectivity index (χ4v) is 4.94. The Bertz CT molecular complexity index is 884. The fraction of sp³-hybridized carbons (Fsp3) is 0.435. The Balaban J connectivity index is 1.78. The molecule has 4 rings (SSSR count). The molecule has 0 radical (unpaired) electrons. The molecular weight excluding hydrogens is 339 g/mol. The third kappa shape index (κ3) is 3.11. The fourth-order valence-electron chi connectivity index (χ4n) is 4.94. The van der Waals surface area contributed by atoms with E-state index in [0.29, 0.717) is 0 Å². The quantitative estimate of drug-likeness (QED) is 0.792. The number of carbonyl (C=O) groups is 1. The molecule has 1 saturated carbocycles. The SMILES string of the molecule is Cc1ccc(F)cc1C1CC2(CCCC2)c2cc(C(=O)N(C)C)ccc2N1. The number of halogens is 1. The van der Waals surface area contributed by atoms with Gasteiger partial charge in [0.2, 0.25) is 0 Å². The minimum absolute atomic E-state index is 0.0362. The zero-order valence-corrected chi connectivity index (χ0v) is 16.3. The average molecular weight is 366 g/mol. The number of carbonyl (C=O) groups excluding carboxylic acids is 1. The summed E-state index contributed by atoms with van der Waals surface area (Å²) >= 11 is 0. The molecule has 2 aromatic rings. The van der Waals surface area contributed by atoms with Crippen LogP contribution in [0.5, 0.6) is 0 Å². The van der Waals surface area contributed by atoms with Crippen LogP contribution in [0.2, 0.25) is 0 Å². The van der Waals surface area contributed by atoms with Crippen molar-refractivity contribution in [3.63, 3.8) is 0 Å². The second-order valence-corrected chi connectivity index (χ2v) is 8.35. The highest BCUT2D eigenvalue weighted by molar-refractivity contribution is 5.94. The van der Waals surface area contributed by atoms with Crippen molar-refractivity contribution in [1.82, 2.24) is 4.90 Å². The molecule has 1 spiro atoms. The van der Waals surface area contributed by atoms with Crippen LogP contribution < -0.4 is 5.32 Å². The minimum Gasteiger partial charge on any atom is -0.378 e. The van der Waals surface area contributed by atoms with E-state index in [0.717, 1.165) is 41.6 Å². The number of hydrogen-bond acceptors (Lipinski definition) is 2. The molecule has 3 nitrogen and oxygen atoms in total. The van der Waals surface area contributed by atoms with Crippen LogP contribution in [-0.4, -0.2) is 24.9 Å². The molecule has 4 heteroatoms. The highest BCUT2D eigenvalue weighted by Gasteiger charge is 2.43. The van der Waals surface area contributed by atoms with Crippen LogP contribution in [0.4, 0.5) is 10.1 Å². The second kappa shape index (κ2) is 6.66. The standard InChI is InChI=1S/C23H27FN2O/c1-15-6-8-17(24)13-18(15)21-14-23(10-4-5-11-23)19-12-16(22(27)26(2)3)7-9-20(19)25-21/h6-9,12-13,21,25H,4-5,10-11,14H2,1-3H3. The molecule has 1 N–H and O–H groups in total. The van der Waals surface area contributed by atoms with E-state index in [1.54, 1.807) is 25.1 Å². The summed E-state index contributed by atoms with van der Waals surface area (Å²) in [5.74, 6) is -0.148. The summed E-state index contributed by atoms with van der Waals surface area (Å²) in [5, 5.41) is 3.64. The molecule has 27 heavy (non-hydrogen) atoms. The minimum atomic E-state index is -0.185. The van der Waals surface area contributed by atoms with Gasteiger partial charge in [-0.25, -0.2) is 4.39 Å². The van der Waals surface area contributed by atoms with Gasteiger partial charge in [-0.1, -0.05) is 18.9 Å². The van der Waals surface area contributed by atoms with E-state index in [-0.39, 0.29) is 23.2 Å². The third-order valence-corrected chi connectivity index (χ3v) is 6.35. The lowest BCUT2D eigenvalue weighted by atomic mass is 9.69. The van der Waals surface area contributed by atoms with Gasteiger partial charge in [0.05, 0.1) is 6.04 Å². The molecule has 0 saturated heterocycles. The molecule has 1 heterocycles. The molecular formula is C23H27FN2O. The largest absolute Gasteiger partial charge is 0.378 e. The Morgan fingerprint density at radius 1 is 1.15 bits per heavy atom. The van der Waals surface area contributed by atoms with Crippen LogP contribution in [0.1, 0.15) is 65.2 Å². The van der Waals surface area contributed by atoms with Crippen molar-refractivity contribution in [1.29, 1.82) is 0 Å². The predicted octanol–water partition coefficient (Wildman–Crippen LogP) is 5.20. The predicted molar refractivity (Wildman–Crippen MR) is 107 cm³/mol. The number of hydrogen-bond donors (Lipinski definition) is 1. The van der Waals surface area contributed by atoms with Gasteiger partial charge in [0.25, 0.3) is 5.91 Å². The lowest BCUT2D eigenvalue weighted by Crippen LogP contribution is -2.34. The second-order valence-electron chi connectivity index (χ2n) is 8.35. The van der Waals surface area contributed by atoms with E-state index >= 15 is 0 Å². The smallest absolute Gasteiger partial charge is 0.253 e. The molecule has 142 valence electrons. The van der Waals surface area contributed by atoms with Crippen LogP contribution in [0.15, 0.2) is 36.4 Å². The van der Waals surface area contributed by atoms with Gasteiger partial charge in [0.1, 0.15) is 5.82 Å². The van der Waals surface area contributed by atoms with E-state index in [4.69, 9.17) is 0 Å². The van der Waals surface area contributed by atoms with Gasteiger partial charge in [0.15, 0.2) is 0 Å². The Morgan fingerprint density at radius 2 is 1.89 bits per heavy atom. The van der Waals surface area contributed by atoms with Gasteiger partial charge in [-0.3, -0.25) is 4.79 Å². The summed E-state index contributed by atoms with van der Waals surface area (Å²) in [6.07, 6.45) is 5.63. The molecule has 1 atom stereocenters. The first-order valence-electron chi connectivity index (χ1n) is 9.78. The molecule has 1 aliphatic heterocycles. The topological polar surface area (TPSA) is 32.3 Å². The van der Waals surface area contributed by atoms with Gasteiger partial charge >= 0.3 is 0 Å². The molecule has 0 aromatic heterocycles. The first kappa shape index (κ1) is 18.0. The van der Waals surface area contributed by atoms with Crippen LogP contribution in [0, 0.1) is 12.7 Å². The van der Waals surface area contributed by atoms with Crippen molar-refractivity contribution >= 4 is 11.6 Å². The highest BCUT2D eigenvalue weighted by Crippen LogP contribution is 2.53. The van der Waals surface area contributed by atoms with Crippen molar-refractivity contribution < 1.29 is 9.18 Å². The van der Waals surface area contributed by atoms with Crippen LogP contribution >= 0.6 is 0 Å². The van der Waals surface area contributed by atoms with Crippen LogP contribution in [-0.2, 0) is 5.41 Å². The van der Waals surface area contributed by atoms with Crippen LogP contribution in [0.3, 0.4) is 0 Å². The van der Waals surface area contributed by atoms with Gasteiger partial charge in [-0.15, -0.1) is 0 Å². The van der Waals surface area contributed by atoms with E-state index < -0.39 is 0 Å². The Hall–Kier alpha value is -2.36. The molecule has 1 amide bonds. The summed E-state index contributed by atoms with van der Waals surface area (Å²) in [7, 11) is 3.57. The Morgan fingerprint density at radius 3 is 2.59 bits per heavy atom. The average Bonchev–Trinajstić information content (AvgIpc) is 3.11. The lowest BCUT2D eigenvalue weighted by molar-refractivity contribution is 0.0827. The number of fused-ring (bicyclic) bond motifs is 2. The van der Waals surface area contributed by atoms with E-state index in [1.165, 1.54) is 24.5 Å². The zero-order chi connectivity index (χ0) is 19.2. The number of benzene rings is 2. The van der Waals surface area contributed by atoms with E-state index in [2.05, 4.69) is 11.4 Å². The Kier molecular flexibility index (Phi) is 4.45. The molecule has 2 aliphatic rings. The summed E-state index contributed by atoms with van der Waals surface area (Å²) in [6, 6.07) is 11.2. The first-order chi connectivity index (χ1) is 12.9. The number of nitrogens with one attached hydrogen (secondary N) is 1. The zero-order valence-electron chi connectivity index (χ0n) is 16.3. The Labute approximate surface area is 160 Å². The van der Waals surface area contributed by atoms with Crippen molar-refractivity contribution in [2.75, 3.05) is 19.4 Å². The van der Waals surface area contributed by atoms with Crippen LogP contribution in [0.25, 0.3) is 0 Å². The maximum absolute atomic E-state index is 13.9. The number of anilines is 1. The molecule has 1 unspecified atom stereocenters. The summed E-state index contributed by atoms with van der Waals surface area (Å²) in [6.45, 7) is 2.05. The van der Waals surface area contributed by atoms with Crippen molar-refractivity contribution in [2.45, 2.75) is 50.5 Å². The van der Waals surface area contributed by atoms with Gasteiger partial charge < -0.3 is 10.2 Å². The first-order valence-corrected chi connectivity index (χ1v) is 9.78. The number of amides is 1. The van der Waals surface area contributed by atoms with Crippen molar-refractivity contribution in [3.05, 3.63) is 64.5 Å². The summed E-state index contributed by atoms with van der Waals surface area (Å²) in [4.78, 5) is 14.1. The molecule has 1 aliphatic carbocycles.